The van der Waals surface area contributed by atoms with Crippen LogP contribution in [0, 0.1) is 20.3 Å². The SMILES string of the molecule is CO[C@H](c1ncc(C)cn1)[C@H](C)S(=O)(=O)c1nc2ccccc2s1.C[CH-][C@H](OC)c1ncc(C)cn1.O=S=O.[K+]. The van der Waals surface area contributed by atoms with Crippen LogP contribution in [0.4, 0.5) is 0 Å². The van der Waals surface area contributed by atoms with Crippen molar-refractivity contribution in [3.63, 3.8) is 0 Å². The standard InChI is InChI=1S/C16H17N3O3S2.C9H13N2O.K.O2S/c1-10-8-17-15(18-9-10)14(22-3)11(2)24(20,21)16-19-12-6-4-5-7-13(12)23-16;1-4-8(12-3)9-10-5-7(2)6-11-9;;1-3-2/h4-9,11,14H,1-3H3;4-6,8H,1-3H3;;/q;-1;+1;/t11-,14-;8-;;/m00../s1. The van der Waals surface area contributed by atoms with Crippen molar-refractivity contribution in [2.75, 3.05) is 14.2 Å². The van der Waals surface area contributed by atoms with Gasteiger partial charge in [0, 0.05) is 39.0 Å². The molecule has 0 saturated carbocycles. The Morgan fingerprint density at radius 3 is 1.85 bits per heavy atom. The first-order valence-electron chi connectivity index (χ1n) is 11.6. The number of hydrogen-bond donors (Lipinski definition) is 0. The molecule has 210 valence electrons. The molecule has 4 aromatic rings. The summed E-state index contributed by atoms with van der Waals surface area (Å²) in [7, 11) is -0.565. The molecule has 0 radical (unpaired) electrons. The second-order valence-corrected chi connectivity index (χ2v) is 11.8. The Labute approximate surface area is 284 Å². The van der Waals surface area contributed by atoms with Gasteiger partial charge in [0.2, 0.25) is 14.2 Å². The van der Waals surface area contributed by atoms with Crippen molar-refractivity contribution in [3.8, 4) is 0 Å². The number of para-hydroxylation sites is 1. The molecule has 0 aliphatic heterocycles. The maximum atomic E-state index is 13.0. The third-order valence-corrected chi connectivity index (χ3v) is 8.94. The molecule has 0 saturated heterocycles. The van der Waals surface area contributed by atoms with Gasteiger partial charge in [-0.25, -0.2) is 33.3 Å². The van der Waals surface area contributed by atoms with Gasteiger partial charge in [-0.15, -0.1) is 11.3 Å². The number of fused-ring (bicyclic) bond motifs is 1. The number of hydrogen-bond acceptors (Lipinski definition) is 12. The zero-order valence-electron chi connectivity index (χ0n) is 23.3. The first-order valence-corrected chi connectivity index (χ1v) is 14.6. The van der Waals surface area contributed by atoms with E-state index in [1.54, 1.807) is 44.9 Å². The number of methoxy groups -OCH3 is 2. The fraction of sp³-hybridized carbons (Fsp3) is 0.360. The van der Waals surface area contributed by atoms with E-state index in [2.05, 4.69) is 24.9 Å². The zero-order valence-corrected chi connectivity index (χ0v) is 28.9. The monoisotopic (exact) mass is 631 g/mol. The van der Waals surface area contributed by atoms with Gasteiger partial charge in [-0.1, -0.05) is 12.1 Å². The predicted octanol–water partition coefficient (Wildman–Crippen LogP) is 0.975. The number of aryl methyl sites for hydroxylation is 2. The molecular formula is C25H30KN5O6S3. The molecule has 0 aliphatic carbocycles. The summed E-state index contributed by atoms with van der Waals surface area (Å²) in [6, 6.07) is 7.35. The first kappa shape index (κ1) is 36.6. The van der Waals surface area contributed by atoms with Gasteiger partial charge in [-0.3, -0.25) is 6.42 Å². The molecule has 0 fully saturated rings. The van der Waals surface area contributed by atoms with Crippen molar-refractivity contribution in [3.05, 3.63) is 78.2 Å². The minimum atomic E-state index is -3.67. The molecule has 1 aromatic carbocycles. The van der Waals surface area contributed by atoms with Crippen LogP contribution < -0.4 is 51.4 Å². The summed E-state index contributed by atoms with van der Waals surface area (Å²) in [5.41, 5.74) is 2.63. The van der Waals surface area contributed by atoms with Crippen molar-refractivity contribution in [2.24, 2.45) is 0 Å². The Kier molecular flexibility index (Phi) is 16.7. The third kappa shape index (κ3) is 10.1. The summed E-state index contributed by atoms with van der Waals surface area (Å²) < 4.78 is 54.0. The van der Waals surface area contributed by atoms with Crippen molar-refractivity contribution < 1.29 is 77.7 Å². The van der Waals surface area contributed by atoms with Crippen LogP contribution in [0.25, 0.3) is 10.2 Å². The van der Waals surface area contributed by atoms with Crippen molar-refractivity contribution in [2.45, 2.75) is 49.5 Å². The minimum Gasteiger partial charge on any atom is -0.406 e. The molecule has 3 atom stereocenters. The number of sulfone groups is 1. The Balaban J connectivity index is 0.000000422. The van der Waals surface area contributed by atoms with Crippen molar-refractivity contribution in [1.29, 1.82) is 0 Å². The van der Waals surface area contributed by atoms with Crippen molar-refractivity contribution >= 4 is 43.0 Å². The summed E-state index contributed by atoms with van der Waals surface area (Å²) >= 11 is 0.413. The molecular weight excluding hydrogens is 602 g/mol. The molecule has 4 rings (SSSR count). The fourth-order valence-corrected chi connectivity index (χ4v) is 6.28. The van der Waals surface area contributed by atoms with Gasteiger partial charge >= 0.3 is 63.0 Å². The Hall–Kier alpha value is -1.40. The largest absolute Gasteiger partial charge is 1.00 e. The van der Waals surface area contributed by atoms with E-state index in [4.69, 9.17) is 17.9 Å². The third-order valence-electron chi connectivity index (χ3n) is 5.35. The number of nitrogens with zero attached hydrogens (tertiary/aromatic N) is 5. The number of thiazole rings is 1. The van der Waals surface area contributed by atoms with Crippen LogP contribution in [0.1, 0.15) is 48.8 Å². The van der Waals surface area contributed by atoms with E-state index in [9.17, 15) is 8.42 Å². The number of rotatable bonds is 8. The Bertz CT molecular complexity index is 1430. The summed E-state index contributed by atoms with van der Waals surface area (Å²) in [5, 5.41) is -0.856. The van der Waals surface area contributed by atoms with Crippen LogP contribution in [0.5, 0.6) is 0 Å². The maximum Gasteiger partial charge on any atom is 1.00 e. The predicted molar refractivity (Wildman–Crippen MR) is 148 cm³/mol. The van der Waals surface area contributed by atoms with Gasteiger partial charge in [-0.05, 0) is 50.1 Å². The van der Waals surface area contributed by atoms with E-state index in [0.29, 0.717) is 17.2 Å². The number of aromatic nitrogens is 5. The van der Waals surface area contributed by atoms with Crippen LogP contribution in [-0.4, -0.2) is 61.2 Å². The minimum absolute atomic E-state index is 0. The molecule has 0 amide bonds. The Morgan fingerprint density at radius 2 is 1.40 bits per heavy atom. The normalized spacial score (nSPS) is 12.9. The summed E-state index contributed by atoms with van der Waals surface area (Å²) in [5.74, 6) is 1.06. The van der Waals surface area contributed by atoms with Gasteiger partial charge in [0.05, 0.1) is 15.5 Å². The smallest absolute Gasteiger partial charge is 0.406 e. The molecule has 0 N–H and O–H groups in total. The second kappa shape index (κ2) is 18.2. The van der Waals surface area contributed by atoms with Gasteiger partial charge < -0.3 is 9.47 Å². The summed E-state index contributed by atoms with van der Waals surface area (Å²) in [6.45, 7) is 7.35. The molecule has 0 spiro atoms. The molecule has 40 heavy (non-hydrogen) atoms. The average molecular weight is 632 g/mol. The zero-order chi connectivity index (χ0) is 29.0. The van der Waals surface area contributed by atoms with Gasteiger partial charge in [0.1, 0.15) is 11.9 Å². The summed E-state index contributed by atoms with van der Waals surface area (Å²) in [6.07, 6.45) is 7.94. The van der Waals surface area contributed by atoms with Crippen molar-refractivity contribution in [1.82, 2.24) is 24.9 Å². The number of ether oxygens (including phenoxy) is 2. The van der Waals surface area contributed by atoms with Crippen LogP contribution in [0.15, 0.2) is 53.4 Å². The fourth-order valence-electron chi connectivity index (χ4n) is 3.29. The van der Waals surface area contributed by atoms with Gasteiger partial charge in [0.25, 0.3) is 0 Å². The molecule has 11 nitrogen and oxygen atoms in total. The van der Waals surface area contributed by atoms with Gasteiger partial charge in [0.15, 0.2) is 5.82 Å². The van der Waals surface area contributed by atoms with Crippen LogP contribution in [0.3, 0.4) is 0 Å². The van der Waals surface area contributed by atoms with E-state index in [1.807, 2.05) is 45.4 Å². The van der Waals surface area contributed by atoms with E-state index >= 15 is 0 Å². The first-order chi connectivity index (χ1) is 18.6. The molecule has 0 bridgehead atoms. The van der Waals surface area contributed by atoms with E-state index in [1.165, 1.54) is 7.11 Å². The van der Waals surface area contributed by atoms with E-state index < -0.39 is 32.8 Å². The maximum absolute atomic E-state index is 13.0. The molecule has 0 unspecified atom stereocenters. The number of benzene rings is 1. The molecule has 3 heterocycles. The molecule has 0 aliphatic rings. The summed E-state index contributed by atoms with van der Waals surface area (Å²) in [4.78, 5) is 21.0. The molecule has 15 heteroatoms. The van der Waals surface area contributed by atoms with E-state index in [0.717, 1.165) is 27.2 Å². The van der Waals surface area contributed by atoms with Crippen LogP contribution >= 0.6 is 11.3 Å². The van der Waals surface area contributed by atoms with Gasteiger partial charge in [-0.2, -0.15) is 15.3 Å². The van der Waals surface area contributed by atoms with Crippen LogP contribution in [0.2, 0.25) is 0 Å². The van der Waals surface area contributed by atoms with E-state index in [-0.39, 0.29) is 61.8 Å². The topological polar surface area (TPSA) is 151 Å². The average Bonchev–Trinajstić information content (AvgIpc) is 3.38. The Morgan fingerprint density at radius 1 is 0.900 bits per heavy atom. The second-order valence-electron chi connectivity index (χ2n) is 8.15. The van der Waals surface area contributed by atoms with Crippen LogP contribution in [-0.2, 0) is 30.9 Å². The molecule has 3 aromatic heterocycles. The quantitative estimate of drug-likeness (QED) is 0.202.